The summed E-state index contributed by atoms with van der Waals surface area (Å²) in [6.07, 6.45) is -3.99. The highest BCUT2D eigenvalue weighted by molar-refractivity contribution is 6.06. The average molecular weight is 456 g/mol. The minimum atomic E-state index is -4.66. The number of benzene rings is 2. The Hall–Kier alpha value is -3.95. The van der Waals surface area contributed by atoms with E-state index in [9.17, 15) is 27.6 Å². The Morgan fingerprint density at radius 1 is 1.06 bits per heavy atom. The van der Waals surface area contributed by atoms with Gasteiger partial charge in [0.2, 0.25) is 5.91 Å². The highest BCUT2D eigenvalue weighted by Gasteiger charge is 2.34. The quantitative estimate of drug-likeness (QED) is 0.652. The third-order valence-corrected chi connectivity index (χ3v) is 5.31. The molecular weight excluding hydrogens is 437 g/mol. The largest absolute Gasteiger partial charge is 0.418 e. The molecule has 0 bridgehead atoms. The first kappa shape index (κ1) is 22.3. The van der Waals surface area contributed by atoms with Gasteiger partial charge in [-0.05, 0) is 43.2 Å². The molecule has 1 N–H and O–H groups in total. The fourth-order valence-corrected chi connectivity index (χ4v) is 3.84. The van der Waals surface area contributed by atoms with Crippen molar-refractivity contribution in [3.8, 4) is 0 Å². The van der Waals surface area contributed by atoms with Crippen molar-refractivity contribution in [2.45, 2.75) is 32.1 Å². The molecule has 0 radical (unpaired) electrons. The van der Waals surface area contributed by atoms with Crippen LogP contribution in [0.1, 0.15) is 28.5 Å². The zero-order chi connectivity index (χ0) is 23.8. The maximum atomic E-state index is 13.2. The van der Waals surface area contributed by atoms with Crippen molar-refractivity contribution in [3.63, 3.8) is 0 Å². The van der Waals surface area contributed by atoms with E-state index in [0.29, 0.717) is 6.42 Å². The van der Waals surface area contributed by atoms with E-state index >= 15 is 0 Å². The molecule has 0 saturated carbocycles. The number of hydrogen-bond donors (Lipinski definition) is 1. The molecule has 4 rings (SSSR count). The first-order chi connectivity index (χ1) is 15.6. The molecule has 0 spiro atoms. The number of rotatable bonds is 4. The zero-order valence-electron chi connectivity index (χ0n) is 17.5. The number of aromatic nitrogens is 2. The van der Waals surface area contributed by atoms with Gasteiger partial charge in [0.1, 0.15) is 12.2 Å². The monoisotopic (exact) mass is 456 g/mol. The Morgan fingerprint density at radius 2 is 1.76 bits per heavy atom. The van der Waals surface area contributed by atoms with Crippen molar-refractivity contribution in [2.75, 3.05) is 10.2 Å². The number of anilines is 2. The standard InChI is InChI=1S/C23H19F3N4O3/c1-14-12-15-6-2-5-9-19(15)30(14)22(33)18-10-11-21(32)29(28-18)13-20(31)27-17-8-4-3-7-16(17)23(24,25)26/h2-11,14H,12-13H2,1H3,(H,27,31)/t14-/m0/s1. The molecule has 1 aromatic heterocycles. The first-order valence-electron chi connectivity index (χ1n) is 10.1. The van der Waals surface area contributed by atoms with E-state index in [0.717, 1.165) is 34.1 Å². The predicted octanol–water partition coefficient (Wildman–Crippen LogP) is 3.49. The van der Waals surface area contributed by atoms with Gasteiger partial charge in [0, 0.05) is 17.8 Å². The fraction of sp³-hybridized carbons (Fsp3) is 0.217. The smallest absolute Gasteiger partial charge is 0.324 e. The van der Waals surface area contributed by atoms with Gasteiger partial charge in [-0.2, -0.15) is 18.3 Å². The van der Waals surface area contributed by atoms with Gasteiger partial charge in [-0.15, -0.1) is 0 Å². The van der Waals surface area contributed by atoms with Gasteiger partial charge in [0.25, 0.3) is 11.5 Å². The van der Waals surface area contributed by atoms with E-state index in [-0.39, 0.29) is 11.7 Å². The molecular formula is C23H19F3N4O3. The zero-order valence-corrected chi connectivity index (χ0v) is 17.5. The highest BCUT2D eigenvalue weighted by Crippen LogP contribution is 2.35. The van der Waals surface area contributed by atoms with Crippen molar-refractivity contribution >= 4 is 23.2 Å². The van der Waals surface area contributed by atoms with E-state index in [1.165, 1.54) is 18.2 Å². The second kappa shape index (κ2) is 8.53. The number of nitrogens with one attached hydrogen (secondary N) is 1. The number of carbonyl (C=O) groups is 2. The summed E-state index contributed by atoms with van der Waals surface area (Å²) in [4.78, 5) is 39.3. The van der Waals surface area contributed by atoms with Gasteiger partial charge in [0.15, 0.2) is 0 Å². The van der Waals surface area contributed by atoms with Gasteiger partial charge in [-0.3, -0.25) is 14.4 Å². The molecule has 1 atom stereocenters. The summed E-state index contributed by atoms with van der Waals surface area (Å²) in [6, 6.07) is 14.2. The van der Waals surface area contributed by atoms with E-state index in [2.05, 4.69) is 10.4 Å². The van der Waals surface area contributed by atoms with Gasteiger partial charge in [0.05, 0.1) is 11.3 Å². The van der Waals surface area contributed by atoms with Gasteiger partial charge >= 0.3 is 6.18 Å². The summed E-state index contributed by atoms with van der Waals surface area (Å²) < 4.78 is 40.2. The molecule has 3 aromatic rings. The SMILES string of the molecule is C[C@H]1Cc2ccccc2N1C(=O)c1ccc(=O)n(CC(=O)Nc2ccccc2C(F)(F)F)n1. The first-order valence-corrected chi connectivity index (χ1v) is 10.1. The van der Waals surface area contributed by atoms with Crippen molar-refractivity contribution in [1.29, 1.82) is 0 Å². The summed E-state index contributed by atoms with van der Waals surface area (Å²) >= 11 is 0. The van der Waals surface area contributed by atoms with Crippen LogP contribution in [0.25, 0.3) is 0 Å². The second-order valence-corrected chi connectivity index (χ2v) is 7.66. The Kier molecular flexibility index (Phi) is 5.75. The molecule has 10 heteroatoms. The molecule has 0 fully saturated rings. The molecule has 2 amide bonds. The van der Waals surface area contributed by atoms with Crippen LogP contribution in [0.5, 0.6) is 0 Å². The summed E-state index contributed by atoms with van der Waals surface area (Å²) in [5, 5.41) is 6.17. The summed E-state index contributed by atoms with van der Waals surface area (Å²) in [6.45, 7) is 1.23. The highest BCUT2D eigenvalue weighted by atomic mass is 19.4. The molecule has 2 aromatic carbocycles. The van der Waals surface area contributed by atoms with Crippen LogP contribution in [0.3, 0.4) is 0 Å². The molecule has 7 nitrogen and oxygen atoms in total. The number of para-hydroxylation sites is 2. The minimum Gasteiger partial charge on any atom is -0.324 e. The number of alkyl halides is 3. The molecule has 33 heavy (non-hydrogen) atoms. The second-order valence-electron chi connectivity index (χ2n) is 7.66. The van der Waals surface area contributed by atoms with Crippen LogP contribution in [-0.4, -0.2) is 27.6 Å². The van der Waals surface area contributed by atoms with Gasteiger partial charge < -0.3 is 10.2 Å². The lowest BCUT2D eigenvalue weighted by Crippen LogP contribution is -2.38. The lowest BCUT2D eigenvalue weighted by atomic mass is 10.1. The maximum Gasteiger partial charge on any atom is 0.418 e. The lowest BCUT2D eigenvalue weighted by Gasteiger charge is -2.22. The van der Waals surface area contributed by atoms with Crippen LogP contribution in [0.15, 0.2) is 65.5 Å². The van der Waals surface area contributed by atoms with Crippen LogP contribution in [-0.2, 0) is 23.9 Å². The molecule has 1 aliphatic rings. The van der Waals surface area contributed by atoms with Gasteiger partial charge in [-0.1, -0.05) is 30.3 Å². The fourth-order valence-electron chi connectivity index (χ4n) is 3.84. The van der Waals surface area contributed by atoms with E-state index in [4.69, 9.17) is 0 Å². The summed E-state index contributed by atoms with van der Waals surface area (Å²) in [7, 11) is 0. The Balaban J connectivity index is 1.56. The van der Waals surface area contributed by atoms with Crippen LogP contribution in [0.2, 0.25) is 0 Å². The molecule has 2 heterocycles. The molecule has 0 saturated heterocycles. The van der Waals surface area contributed by atoms with E-state index < -0.39 is 41.3 Å². The number of hydrogen-bond acceptors (Lipinski definition) is 4. The normalized spacial score (nSPS) is 15.3. The molecule has 170 valence electrons. The lowest BCUT2D eigenvalue weighted by molar-refractivity contribution is -0.137. The third-order valence-electron chi connectivity index (χ3n) is 5.31. The van der Waals surface area contributed by atoms with Crippen LogP contribution in [0, 0.1) is 0 Å². The van der Waals surface area contributed by atoms with Crippen molar-refractivity contribution in [3.05, 3.63) is 87.8 Å². The van der Waals surface area contributed by atoms with Crippen molar-refractivity contribution in [2.24, 2.45) is 0 Å². The Labute approximate surface area is 186 Å². The van der Waals surface area contributed by atoms with Crippen LogP contribution in [0.4, 0.5) is 24.5 Å². The number of amides is 2. The van der Waals surface area contributed by atoms with Crippen LogP contribution >= 0.6 is 0 Å². The van der Waals surface area contributed by atoms with Crippen molar-refractivity contribution in [1.82, 2.24) is 9.78 Å². The molecule has 0 unspecified atom stereocenters. The van der Waals surface area contributed by atoms with E-state index in [1.54, 1.807) is 4.90 Å². The number of fused-ring (bicyclic) bond motifs is 1. The van der Waals surface area contributed by atoms with Gasteiger partial charge in [-0.25, -0.2) is 4.68 Å². The van der Waals surface area contributed by atoms with E-state index in [1.807, 2.05) is 31.2 Å². The molecule has 0 aliphatic carbocycles. The third kappa shape index (κ3) is 4.50. The summed E-state index contributed by atoms with van der Waals surface area (Å²) in [5.74, 6) is -1.32. The van der Waals surface area contributed by atoms with Crippen LogP contribution < -0.4 is 15.8 Å². The maximum absolute atomic E-state index is 13.2. The minimum absolute atomic E-state index is 0.0540. The number of halogens is 3. The topological polar surface area (TPSA) is 84.3 Å². The molecule has 1 aliphatic heterocycles. The summed E-state index contributed by atoms with van der Waals surface area (Å²) in [5.41, 5.74) is -0.408. The number of carbonyl (C=O) groups excluding carboxylic acids is 2. The number of nitrogens with zero attached hydrogens (tertiary/aromatic N) is 3. The Bertz CT molecular complexity index is 1290. The average Bonchev–Trinajstić information content (AvgIpc) is 3.10. The van der Waals surface area contributed by atoms with Crippen molar-refractivity contribution < 1.29 is 22.8 Å². The predicted molar refractivity (Wildman–Crippen MR) is 115 cm³/mol. The Morgan fingerprint density at radius 3 is 2.52 bits per heavy atom.